The van der Waals surface area contributed by atoms with Gasteiger partial charge in [-0.05, 0) is 19.8 Å². The average molecular weight is 345 g/mol. The minimum atomic E-state index is -0.311. The fourth-order valence-electron chi connectivity index (χ4n) is 3.06. The van der Waals surface area contributed by atoms with E-state index in [1.165, 1.54) is 15.3 Å². The van der Waals surface area contributed by atoms with Crippen LogP contribution in [-0.4, -0.2) is 41.9 Å². The lowest BCUT2D eigenvalue weighted by molar-refractivity contribution is 0.0961. The van der Waals surface area contributed by atoms with Crippen molar-refractivity contribution in [2.75, 3.05) is 6.61 Å². The van der Waals surface area contributed by atoms with Crippen LogP contribution in [0.1, 0.15) is 24.2 Å². The SMILES string of the molecule is Cc1oncc1Cn1cc(-n2c(O)cn(CC3CCCO3)c2=O)cn1. The van der Waals surface area contributed by atoms with E-state index in [0.717, 1.165) is 30.8 Å². The number of aromatic nitrogens is 5. The second kappa shape index (κ2) is 6.25. The van der Waals surface area contributed by atoms with Gasteiger partial charge in [-0.3, -0.25) is 9.25 Å². The first kappa shape index (κ1) is 15.7. The summed E-state index contributed by atoms with van der Waals surface area (Å²) in [5, 5.41) is 18.2. The smallest absolute Gasteiger partial charge is 0.335 e. The van der Waals surface area contributed by atoms with Crippen molar-refractivity contribution >= 4 is 0 Å². The molecule has 3 aromatic heterocycles. The number of hydrogen-bond donors (Lipinski definition) is 1. The summed E-state index contributed by atoms with van der Waals surface area (Å²) >= 11 is 0. The monoisotopic (exact) mass is 345 g/mol. The van der Waals surface area contributed by atoms with Gasteiger partial charge in [0.15, 0.2) is 0 Å². The molecule has 4 rings (SSSR count). The van der Waals surface area contributed by atoms with Crippen molar-refractivity contribution < 1.29 is 14.4 Å². The van der Waals surface area contributed by atoms with E-state index >= 15 is 0 Å². The minimum Gasteiger partial charge on any atom is -0.493 e. The van der Waals surface area contributed by atoms with E-state index in [9.17, 15) is 9.90 Å². The van der Waals surface area contributed by atoms with Gasteiger partial charge in [-0.2, -0.15) is 5.10 Å². The predicted octanol–water partition coefficient (Wildman–Crippen LogP) is 1.06. The quantitative estimate of drug-likeness (QED) is 0.742. The van der Waals surface area contributed by atoms with E-state index in [-0.39, 0.29) is 17.7 Å². The molecule has 0 bridgehead atoms. The molecular formula is C16H19N5O4. The van der Waals surface area contributed by atoms with Crippen LogP contribution in [0.4, 0.5) is 0 Å². The Morgan fingerprint density at radius 2 is 2.24 bits per heavy atom. The summed E-state index contributed by atoms with van der Waals surface area (Å²) in [6.45, 7) is 3.46. The van der Waals surface area contributed by atoms with Crippen LogP contribution in [0.3, 0.4) is 0 Å². The van der Waals surface area contributed by atoms with Gasteiger partial charge in [0.05, 0.1) is 43.5 Å². The number of aryl methyl sites for hydroxylation is 1. The lowest BCUT2D eigenvalue weighted by atomic mass is 10.2. The molecule has 25 heavy (non-hydrogen) atoms. The molecule has 3 aromatic rings. The molecule has 0 aliphatic carbocycles. The Morgan fingerprint density at radius 1 is 1.36 bits per heavy atom. The third kappa shape index (κ3) is 2.98. The largest absolute Gasteiger partial charge is 0.493 e. The molecule has 1 fully saturated rings. The third-order valence-electron chi connectivity index (χ3n) is 4.42. The van der Waals surface area contributed by atoms with Crippen LogP contribution in [0, 0.1) is 6.92 Å². The fraction of sp³-hybridized carbons (Fsp3) is 0.438. The second-order valence-electron chi connectivity index (χ2n) is 6.20. The van der Waals surface area contributed by atoms with Crippen LogP contribution in [0.5, 0.6) is 5.88 Å². The normalized spacial score (nSPS) is 17.4. The summed E-state index contributed by atoms with van der Waals surface area (Å²) in [6, 6.07) is 0. The van der Waals surface area contributed by atoms with E-state index in [1.54, 1.807) is 23.3 Å². The first-order valence-corrected chi connectivity index (χ1v) is 8.17. The van der Waals surface area contributed by atoms with Crippen LogP contribution in [-0.2, 0) is 17.8 Å². The molecule has 4 heterocycles. The van der Waals surface area contributed by atoms with E-state index < -0.39 is 0 Å². The van der Waals surface area contributed by atoms with Crippen LogP contribution < -0.4 is 5.69 Å². The van der Waals surface area contributed by atoms with E-state index in [4.69, 9.17) is 9.26 Å². The Bertz CT molecular complexity index is 929. The highest BCUT2D eigenvalue weighted by Crippen LogP contribution is 2.18. The second-order valence-corrected chi connectivity index (χ2v) is 6.20. The zero-order chi connectivity index (χ0) is 17.4. The minimum absolute atomic E-state index is 0.0206. The lowest BCUT2D eigenvalue weighted by Crippen LogP contribution is -2.27. The molecular weight excluding hydrogens is 326 g/mol. The number of rotatable bonds is 5. The van der Waals surface area contributed by atoms with E-state index in [0.29, 0.717) is 18.8 Å². The zero-order valence-corrected chi connectivity index (χ0v) is 13.8. The highest BCUT2D eigenvalue weighted by atomic mass is 16.5. The molecule has 1 aliphatic rings. The van der Waals surface area contributed by atoms with Crippen molar-refractivity contribution in [1.29, 1.82) is 0 Å². The predicted molar refractivity (Wildman–Crippen MR) is 86.8 cm³/mol. The summed E-state index contributed by atoms with van der Waals surface area (Å²) in [7, 11) is 0. The molecule has 1 aliphatic heterocycles. The van der Waals surface area contributed by atoms with Crippen molar-refractivity contribution in [3.05, 3.63) is 46.6 Å². The molecule has 1 atom stereocenters. The van der Waals surface area contributed by atoms with Crippen molar-refractivity contribution in [3.8, 4) is 11.6 Å². The number of nitrogens with zero attached hydrogens (tertiary/aromatic N) is 5. The Balaban J connectivity index is 1.58. The molecule has 1 saturated heterocycles. The first-order valence-electron chi connectivity index (χ1n) is 8.17. The first-order chi connectivity index (χ1) is 12.1. The topological polar surface area (TPSA) is 100 Å². The van der Waals surface area contributed by atoms with Crippen molar-refractivity contribution in [3.63, 3.8) is 0 Å². The summed E-state index contributed by atoms with van der Waals surface area (Å²) in [5.41, 5.74) is 1.10. The highest BCUT2D eigenvalue weighted by Gasteiger charge is 2.20. The summed E-state index contributed by atoms with van der Waals surface area (Å²) < 4.78 is 15.0. The van der Waals surface area contributed by atoms with Gasteiger partial charge < -0.3 is 14.4 Å². The average Bonchev–Trinajstić information content (AvgIpc) is 3.34. The van der Waals surface area contributed by atoms with E-state index in [2.05, 4.69) is 10.3 Å². The highest BCUT2D eigenvalue weighted by molar-refractivity contribution is 5.31. The third-order valence-corrected chi connectivity index (χ3v) is 4.42. The van der Waals surface area contributed by atoms with E-state index in [1.807, 2.05) is 6.92 Å². The standard InChI is InChI=1S/C16H19N5O4/c1-11-12(5-18-25-11)7-20-8-13(6-17-20)21-15(22)10-19(16(21)23)9-14-3-2-4-24-14/h5-6,8,10,14,22H,2-4,7,9H2,1H3. The summed E-state index contributed by atoms with van der Waals surface area (Å²) in [6.07, 6.45) is 8.26. The molecule has 9 heteroatoms. The molecule has 1 N–H and O–H groups in total. The van der Waals surface area contributed by atoms with Crippen LogP contribution in [0.2, 0.25) is 0 Å². The number of ether oxygens (including phenoxy) is 1. The fourth-order valence-corrected chi connectivity index (χ4v) is 3.06. The van der Waals surface area contributed by atoms with Gasteiger partial charge in [-0.15, -0.1) is 0 Å². The Hall–Kier alpha value is -2.81. The number of imidazole rings is 1. The van der Waals surface area contributed by atoms with Gasteiger partial charge in [0.1, 0.15) is 5.76 Å². The van der Waals surface area contributed by atoms with Crippen molar-refractivity contribution in [1.82, 2.24) is 24.1 Å². The van der Waals surface area contributed by atoms with Crippen molar-refractivity contribution in [2.45, 2.75) is 39.0 Å². The van der Waals surface area contributed by atoms with Gasteiger partial charge in [0, 0.05) is 18.4 Å². The number of hydrogen-bond acceptors (Lipinski definition) is 6. The van der Waals surface area contributed by atoms with Gasteiger partial charge in [-0.25, -0.2) is 9.36 Å². The maximum Gasteiger partial charge on any atom is 0.335 e. The Kier molecular flexibility index (Phi) is 3.92. The van der Waals surface area contributed by atoms with Gasteiger partial charge in [-0.1, -0.05) is 5.16 Å². The molecule has 132 valence electrons. The maximum atomic E-state index is 12.6. The zero-order valence-electron chi connectivity index (χ0n) is 13.8. The Morgan fingerprint density at radius 3 is 2.96 bits per heavy atom. The number of aromatic hydroxyl groups is 1. The molecule has 0 radical (unpaired) electrons. The van der Waals surface area contributed by atoms with Crippen LogP contribution in [0.15, 0.2) is 34.1 Å². The Labute approximate surface area is 143 Å². The summed E-state index contributed by atoms with van der Waals surface area (Å²) in [5.74, 6) is 0.600. The summed E-state index contributed by atoms with van der Waals surface area (Å²) in [4.78, 5) is 12.6. The molecule has 0 spiro atoms. The maximum absolute atomic E-state index is 12.6. The van der Waals surface area contributed by atoms with Gasteiger partial charge >= 0.3 is 5.69 Å². The lowest BCUT2D eigenvalue weighted by Gasteiger charge is -2.08. The molecule has 0 amide bonds. The molecule has 9 nitrogen and oxygen atoms in total. The van der Waals surface area contributed by atoms with Gasteiger partial charge in [0.25, 0.3) is 0 Å². The van der Waals surface area contributed by atoms with Gasteiger partial charge in [0.2, 0.25) is 5.88 Å². The van der Waals surface area contributed by atoms with Crippen LogP contribution >= 0.6 is 0 Å². The molecule has 0 aromatic carbocycles. The molecule has 1 unspecified atom stereocenters. The molecule has 0 saturated carbocycles. The van der Waals surface area contributed by atoms with Crippen molar-refractivity contribution in [2.24, 2.45) is 0 Å². The van der Waals surface area contributed by atoms with Crippen LogP contribution in [0.25, 0.3) is 5.69 Å².